The Morgan fingerprint density at radius 1 is 0.867 bits per heavy atom. The maximum Gasteiger partial charge on any atom is 0.426 e. The largest absolute Gasteiger partial charge is 0.426 e. The number of rotatable bonds is 14. The van der Waals surface area contributed by atoms with E-state index >= 15 is 0 Å². The monoisotopic (exact) mass is 615 g/mol. The Morgan fingerprint density at radius 3 is 1.91 bits per heavy atom. The van der Waals surface area contributed by atoms with Gasteiger partial charge >= 0.3 is 6.09 Å². The molecule has 4 rings (SSSR count). The number of carbonyl (C=O) groups excluding carboxylic acids is 4. The van der Waals surface area contributed by atoms with Crippen LogP contribution in [0.3, 0.4) is 0 Å². The molecule has 1 saturated heterocycles. The van der Waals surface area contributed by atoms with Gasteiger partial charge in [0.15, 0.2) is 5.72 Å². The number of aliphatic hydroxyl groups is 1. The highest BCUT2D eigenvalue weighted by Gasteiger charge is 2.44. The van der Waals surface area contributed by atoms with Gasteiger partial charge in [-0.3, -0.25) is 14.4 Å². The molecule has 5 atom stereocenters. The Balaban J connectivity index is 1.53. The molecule has 0 aliphatic carbocycles. The lowest BCUT2D eigenvalue weighted by molar-refractivity contribution is -0.133. The third-order valence-electron chi connectivity index (χ3n) is 7.67. The summed E-state index contributed by atoms with van der Waals surface area (Å²) in [7, 11) is 0. The number of hydrogen-bond donors (Lipinski definition) is 5. The zero-order chi connectivity index (χ0) is 32.6. The SMILES string of the molecule is C[C@H](NC(=O)[C@H](Cc1ccccc1)C[C@@H](O)[C@H](Cc1ccccc1)N1NC(C)(C)OC1=O)C(=O)N[C@H](C(N)=O)c1ccccc1. The summed E-state index contributed by atoms with van der Waals surface area (Å²) in [5, 5.41) is 18.3. The van der Waals surface area contributed by atoms with E-state index in [-0.39, 0.29) is 12.8 Å². The van der Waals surface area contributed by atoms with Crippen LogP contribution in [-0.4, -0.2) is 57.8 Å². The highest BCUT2D eigenvalue weighted by molar-refractivity contribution is 5.92. The third kappa shape index (κ3) is 9.13. The maximum absolute atomic E-state index is 13.7. The Morgan fingerprint density at radius 2 is 1.40 bits per heavy atom. The van der Waals surface area contributed by atoms with E-state index in [1.54, 1.807) is 44.2 Å². The van der Waals surface area contributed by atoms with Crippen LogP contribution < -0.4 is 21.8 Å². The molecule has 0 saturated carbocycles. The summed E-state index contributed by atoms with van der Waals surface area (Å²) in [6.07, 6.45) is -1.23. The third-order valence-corrected chi connectivity index (χ3v) is 7.67. The molecule has 0 radical (unpaired) electrons. The molecule has 0 aromatic heterocycles. The molecule has 45 heavy (non-hydrogen) atoms. The molecule has 4 amide bonds. The van der Waals surface area contributed by atoms with Crippen molar-refractivity contribution >= 4 is 23.8 Å². The van der Waals surface area contributed by atoms with Crippen molar-refractivity contribution in [1.29, 1.82) is 0 Å². The number of nitrogens with two attached hydrogens (primary N) is 1. The van der Waals surface area contributed by atoms with Gasteiger partial charge in [0.1, 0.15) is 12.1 Å². The molecule has 0 spiro atoms. The van der Waals surface area contributed by atoms with Crippen molar-refractivity contribution in [2.75, 3.05) is 0 Å². The minimum Gasteiger partial charge on any atom is -0.426 e. The van der Waals surface area contributed by atoms with Gasteiger partial charge in [-0.2, -0.15) is 5.43 Å². The standard InChI is InChI=1S/C34H41N5O6/c1-22(31(42)37-29(30(35)41)25-17-11-6-12-18-25)36-32(43)26(19-23-13-7-4-8-14-23)21-28(40)27(20-24-15-9-5-10-16-24)39-33(44)45-34(2,3)38-39/h4-18,22,26-29,38,40H,19-21H2,1-3H3,(H2,35,41)(H,36,43)(H,37,42)/t22-,26+,27-,28+,29-/m0/s1. The van der Waals surface area contributed by atoms with Crippen LogP contribution in [0.2, 0.25) is 0 Å². The Kier molecular flexibility index (Phi) is 10.9. The molecular weight excluding hydrogens is 574 g/mol. The number of hydrogen-bond acceptors (Lipinski definition) is 7. The second-order valence-corrected chi connectivity index (χ2v) is 11.8. The first-order chi connectivity index (χ1) is 21.4. The fraction of sp³-hybridized carbons (Fsp3) is 0.353. The lowest BCUT2D eigenvalue weighted by Crippen LogP contribution is -2.54. The number of benzene rings is 3. The zero-order valence-corrected chi connectivity index (χ0v) is 25.7. The molecule has 3 aromatic rings. The van der Waals surface area contributed by atoms with E-state index in [1.165, 1.54) is 11.9 Å². The number of cyclic esters (lactones) is 1. The van der Waals surface area contributed by atoms with E-state index in [0.29, 0.717) is 12.0 Å². The van der Waals surface area contributed by atoms with Crippen LogP contribution in [-0.2, 0) is 32.0 Å². The second kappa shape index (κ2) is 14.8. The van der Waals surface area contributed by atoms with Crippen LogP contribution >= 0.6 is 0 Å². The number of amides is 4. The molecule has 6 N–H and O–H groups in total. The van der Waals surface area contributed by atoms with Gasteiger partial charge in [0.2, 0.25) is 17.7 Å². The predicted octanol–water partition coefficient (Wildman–Crippen LogP) is 2.75. The van der Waals surface area contributed by atoms with Crippen LogP contribution in [0.25, 0.3) is 0 Å². The van der Waals surface area contributed by atoms with Crippen molar-refractivity contribution in [3.8, 4) is 0 Å². The average molecular weight is 616 g/mol. The quantitative estimate of drug-likeness (QED) is 0.186. The number of nitrogens with one attached hydrogen (secondary N) is 3. The van der Waals surface area contributed by atoms with Crippen molar-refractivity contribution in [2.45, 2.75) is 70.0 Å². The Bertz CT molecular complexity index is 1450. The van der Waals surface area contributed by atoms with E-state index in [2.05, 4.69) is 16.1 Å². The summed E-state index contributed by atoms with van der Waals surface area (Å²) in [6.45, 7) is 4.92. The summed E-state index contributed by atoms with van der Waals surface area (Å²) < 4.78 is 5.45. The highest BCUT2D eigenvalue weighted by Crippen LogP contribution is 2.26. The summed E-state index contributed by atoms with van der Waals surface area (Å²) >= 11 is 0. The summed E-state index contributed by atoms with van der Waals surface area (Å²) in [6, 6.07) is 24.5. The summed E-state index contributed by atoms with van der Waals surface area (Å²) in [5.74, 6) is -2.57. The average Bonchev–Trinajstić information content (AvgIpc) is 3.30. The first-order valence-electron chi connectivity index (χ1n) is 14.9. The van der Waals surface area contributed by atoms with Crippen molar-refractivity contribution in [3.05, 3.63) is 108 Å². The number of hydrazine groups is 1. The molecule has 1 fully saturated rings. The minimum atomic E-state index is -1.15. The van der Waals surface area contributed by atoms with Crippen LogP contribution in [0.15, 0.2) is 91.0 Å². The minimum absolute atomic E-state index is 0.0214. The molecule has 11 nitrogen and oxygen atoms in total. The van der Waals surface area contributed by atoms with Crippen molar-refractivity contribution in [3.63, 3.8) is 0 Å². The number of carbonyl (C=O) groups is 4. The molecule has 1 aliphatic rings. The van der Waals surface area contributed by atoms with E-state index in [9.17, 15) is 24.3 Å². The van der Waals surface area contributed by atoms with Crippen molar-refractivity contribution in [1.82, 2.24) is 21.1 Å². The van der Waals surface area contributed by atoms with Crippen molar-refractivity contribution in [2.24, 2.45) is 11.7 Å². The van der Waals surface area contributed by atoms with Gasteiger partial charge in [-0.15, -0.1) is 0 Å². The maximum atomic E-state index is 13.7. The number of aliphatic hydroxyl groups excluding tert-OH is 1. The van der Waals surface area contributed by atoms with Crippen LogP contribution in [0.4, 0.5) is 4.79 Å². The van der Waals surface area contributed by atoms with Gasteiger partial charge in [0, 0.05) is 5.92 Å². The van der Waals surface area contributed by atoms with Crippen molar-refractivity contribution < 1.29 is 29.0 Å². The van der Waals surface area contributed by atoms with E-state index < -0.39 is 59.7 Å². The van der Waals surface area contributed by atoms with E-state index in [1.807, 2.05) is 60.7 Å². The topological polar surface area (TPSA) is 163 Å². The molecule has 3 aromatic carbocycles. The normalized spacial score (nSPS) is 17.3. The number of ether oxygens (including phenoxy) is 1. The van der Waals surface area contributed by atoms with E-state index in [4.69, 9.17) is 10.5 Å². The second-order valence-electron chi connectivity index (χ2n) is 11.8. The number of primary amides is 1. The fourth-order valence-corrected chi connectivity index (χ4v) is 5.36. The molecule has 0 bridgehead atoms. The van der Waals surface area contributed by atoms with Gasteiger partial charge in [-0.1, -0.05) is 91.0 Å². The lowest BCUT2D eigenvalue weighted by Gasteiger charge is -2.32. The van der Waals surface area contributed by atoms with Gasteiger partial charge in [-0.05, 0) is 56.7 Å². The highest BCUT2D eigenvalue weighted by atomic mass is 16.6. The first-order valence-corrected chi connectivity index (χ1v) is 14.9. The van der Waals surface area contributed by atoms with Gasteiger partial charge in [-0.25, -0.2) is 9.80 Å². The van der Waals surface area contributed by atoms with Crippen LogP contribution in [0, 0.1) is 5.92 Å². The predicted molar refractivity (Wildman–Crippen MR) is 168 cm³/mol. The van der Waals surface area contributed by atoms with Gasteiger partial charge in [0.05, 0.1) is 12.1 Å². The molecule has 1 aliphatic heterocycles. The van der Waals surface area contributed by atoms with Crippen LogP contribution in [0.1, 0.15) is 49.9 Å². The fourth-order valence-electron chi connectivity index (χ4n) is 5.36. The van der Waals surface area contributed by atoms with E-state index in [0.717, 1.165) is 11.1 Å². The number of nitrogens with zero attached hydrogens (tertiary/aromatic N) is 1. The Hall–Kier alpha value is -4.74. The first kappa shape index (κ1) is 33.2. The molecule has 1 heterocycles. The summed E-state index contributed by atoms with van der Waals surface area (Å²) in [5.41, 5.74) is 9.88. The molecule has 0 unspecified atom stereocenters. The molecule has 11 heteroatoms. The summed E-state index contributed by atoms with van der Waals surface area (Å²) in [4.78, 5) is 51.8. The molecule has 238 valence electrons. The lowest BCUT2D eigenvalue weighted by atomic mass is 9.88. The van der Waals surface area contributed by atoms with Gasteiger partial charge < -0.3 is 26.2 Å². The smallest absolute Gasteiger partial charge is 0.426 e. The Labute approximate surface area is 263 Å². The van der Waals surface area contributed by atoms with Gasteiger partial charge in [0.25, 0.3) is 0 Å². The van der Waals surface area contributed by atoms with Crippen LogP contribution in [0.5, 0.6) is 0 Å². The zero-order valence-electron chi connectivity index (χ0n) is 25.7. The molecular formula is C34H41N5O6.